The summed E-state index contributed by atoms with van der Waals surface area (Å²) in [7, 11) is 1.43. The van der Waals surface area contributed by atoms with Crippen LogP contribution in [0.4, 0.5) is 0 Å². The van der Waals surface area contributed by atoms with E-state index in [0.717, 1.165) is 32.1 Å². The summed E-state index contributed by atoms with van der Waals surface area (Å²) in [4.78, 5) is 11.2. The van der Waals surface area contributed by atoms with E-state index in [4.69, 9.17) is 0 Å². The fourth-order valence-electron chi connectivity index (χ4n) is 1.44. The smallest absolute Gasteiger partial charge is 0.306 e. The largest absolute Gasteiger partial charge is 0.469 e. The van der Waals surface area contributed by atoms with Crippen molar-refractivity contribution in [3.63, 3.8) is 0 Å². The highest BCUT2D eigenvalue weighted by molar-refractivity contribution is 5.69. The van der Waals surface area contributed by atoms with E-state index in [1.807, 2.05) is 0 Å². The maximum Gasteiger partial charge on any atom is 0.306 e. The van der Waals surface area contributed by atoms with Gasteiger partial charge in [-0.25, -0.2) is 0 Å². The van der Waals surface area contributed by atoms with Crippen molar-refractivity contribution in [2.24, 2.45) is 5.92 Å². The number of hydrogen-bond donors (Lipinski definition) is 0. The molecule has 0 aromatic rings. The molecule has 16 heavy (non-hydrogen) atoms. The number of methoxy groups -OCH3 is 1. The van der Waals surface area contributed by atoms with Crippen molar-refractivity contribution in [2.45, 2.75) is 58.8 Å². The summed E-state index contributed by atoms with van der Waals surface area (Å²) in [5.74, 6) is 6.41. The van der Waals surface area contributed by atoms with Crippen molar-refractivity contribution in [1.82, 2.24) is 0 Å². The highest BCUT2D eigenvalue weighted by atomic mass is 16.5. The Labute approximate surface area is 99.8 Å². The molecule has 0 aromatic carbocycles. The monoisotopic (exact) mass is 224 g/mol. The van der Waals surface area contributed by atoms with Crippen LogP contribution in [0.3, 0.4) is 0 Å². The zero-order valence-electron chi connectivity index (χ0n) is 10.8. The Bertz CT molecular complexity index is 235. The predicted molar refractivity (Wildman–Crippen MR) is 66.9 cm³/mol. The van der Waals surface area contributed by atoms with Crippen LogP contribution >= 0.6 is 0 Å². The van der Waals surface area contributed by atoms with Crippen molar-refractivity contribution in [3.05, 3.63) is 0 Å². The molecule has 0 saturated heterocycles. The van der Waals surface area contributed by atoms with E-state index < -0.39 is 0 Å². The standard InChI is InChI=1S/C14H24O2/c1-4-6-8-9-11-13(10-7-5-2)12-14(15)16-3/h13H,4-8,10,12H2,1-3H3. The molecule has 0 aliphatic carbocycles. The Morgan fingerprint density at radius 2 is 1.94 bits per heavy atom. The van der Waals surface area contributed by atoms with E-state index in [2.05, 4.69) is 30.4 Å². The van der Waals surface area contributed by atoms with Gasteiger partial charge in [0.15, 0.2) is 0 Å². The van der Waals surface area contributed by atoms with Gasteiger partial charge >= 0.3 is 5.97 Å². The lowest BCUT2D eigenvalue weighted by atomic mass is 9.99. The lowest BCUT2D eigenvalue weighted by Gasteiger charge is -2.07. The number of unbranched alkanes of at least 4 members (excludes halogenated alkanes) is 3. The number of carbonyl (C=O) groups is 1. The Hall–Kier alpha value is -0.970. The van der Waals surface area contributed by atoms with Crippen LogP contribution in [0.15, 0.2) is 0 Å². The second kappa shape index (κ2) is 10.5. The Morgan fingerprint density at radius 1 is 1.25 bits per heavy atom. The molecule has 1 unspecified atom stereocenters. The molecule has 0 amide bonds. The van der Waals surface area contributed by atoms with E-state index in [1.165, 1.54) is 13.5 Å². The van der Waals surface area contributed by atoms with Gasteiger partial charge in [-0.2, -0.15) is 0 Å². The average molecular weight is 224 g/mol. The summed E-state index contributed by atoms with van der Waals surface area (Å²) < 4.78 is 4.68. The normalized spacial score (nSPS) is 11.4. The SMILES string of the molecule is CCCCC#CC(CCCC)CC(=O)OC. The maximum atomic E-state index is 11.2. The zero-order chi connectivity index (χ0) is 12.2. The molecule has 1 atom stereocenters. The minimum Gasteiger partial charge on any atom is -0.469 e. The third-order valence-electron chi connectivity index (χ3n) is 2.51. The molecule has 2 heteroatoms. The first-order chi connectivity index (χ1) is 7.74. The highest BCUT2D eigenvalue weighted by Gasteiger charge is 2.10. The number of ether oxygens (including phenoxy) is 1. The molecule has 0 bridgehead atoms. The van der Waals surface area contributed by atoms with Gasteiger partial charge in [-0.15, -0.1) is 5.92 Å². The lowest BCUT2D eigenvalue weighted by Crippen LogP contribution is -2.08. The molecule has 0 radical (unpaired) electrons. The quantitative estimate of drug-likeness (QED) is 0.375. The molecule has 0 N–H and O–H groups in total. The summed E-state index contributed by atoms with van der Waals surface area (Å²) in [6.07, 6.45) is 6.98. The summed E-state index contributed by atoms with van der Waals surface area (Å²) in [5, 5.41) is 0. The number of rotatable bonds is 7. The van der Waals surface area contributed by atoms with Crippen LogP contribution in [-0.4, -0.2) is 13.1 Å². The molecule has 0 aliphatic heterocycles. The topological polar surface area (TPSA) is 26.3 Å². The molecule has 0 spiro atoms. The minimum atomic E-state index is -0.147. The number of esters is 1. The molecular weight excluding hydrogens is 200 g/mol. The van der Waals surface area contributed by atoms with Crippen LogP contribution in [-0.2, 0) is 9.53 Å². The van der Waals surface area contributed by atoms with Crippen molar-refractivity contribution < 1.29 is 9.53 Å². The van der Waals surface area contributed by atoms with Crippen LogP contribution in [0.5, 0.6) is 0 Å². The molecule has 0 aliphatic rings. The van der Waals surface area contributed by atoms with Gasteiger partial charge in [-0.1, -0.05) is 39.0 Å². The van der Waals surface area contributed by atoms with Gasteiger partial charge in [0.1, 0.15) is 0 Å². The first-order valence-electron chi connectivity index (χ1n) is 6.29. The molecule has 0 heterocycles. The Kier molecular flexibility index (Phi) is 9.91. The molecule has 0 aromatic heterocycles. The third-order valence-corrected chi connectivity index (χ3v) is 2.51. The van der Waals surface area contributed by atoms with Gasteiger partial charge in [0, 0.05) is 12.3 Å². The fraction of sp³-hybridized carbons (Fsp3) is 0.786. The number of carbonyl (C=O) groups excluding carboxylic acids is 1. The van der Waals surface area contributed by atoms with Gasteiger partial charge in [0.25, 0.3) is 0 Å². The van der Waals surface area contributed by atoms with Crippen LogP contribution in [0, 0.1) is 17.8 Å². The van der Waals surface area contributed by atoms with Gasteiger partial charge in [-0.3, -0.25) is 4.79 Å². The van der Waals surface area contributed by atoms with Crippen LogP contribution in [0.1, 0.15) is 58.8 Å². The van der Waals surface area contributed by atoms with Crippen molar-refractivity contribution in [3.8, 4) is 11.8 Å². The van der Waals surface area contributed by atoms with E-state index >= 15 is 0 Å². The second-order valence-electron chi connectivity index (χ2n) is 4.04. The molecule has 92 valence electrons. The van der Waals surface area contributed by atoms with Crippen LogP contribution in [0.25, 0.3) is 0 Å². The summed E-state index contributed by atoms with van der Waals surface area (Å²) in [6, 6.07) is 0. The van der Waals surface area contributed by atoms with E-state index in [-0.39, 0.29) is 11.9 Å². The van der Waals surface area contributed by atoms with E-state index in [0.29, 0.717) is 6.42 Å². The van der Waals surface area contributed by atoms with Crippen LogP contribution in [0.2, 0.25) is 0 Å². The number of hydrogen-bond acceptors (Lipinski definition) is 2. The van der Waals surface area contributed by atoms with Gasteiger partial charge in [0.2, 0.25) is 0 Å². The van der Waals surface area contributed by atoms with Gasteiger partial charge < -0.3 is 4.74 Å². The minimum absolute atomic E-state index is 0.147. The second-order valence-corrected chi connectivity index (χ2v) is 4.04. The Morgan fingerprint density at radius 3 is 2.50 bits per heavy atom. The molecule has 0 fully saturated rings. The van der Waals surface area contributed by atoms with E-state index in [1.54, 1.807) is 0 Å². The Balaban J connectivity index is 4.06. The first kappa shape index (κ1) is 15.0. The fourth-order valence-corrected chi connectivity index (χ4v) is 1.44. The van der Waals surface area contributed by atoms with Crippen molar-refractivity contribution >= 4 is 5.97 Å². The summed E-state index contributed by atoms with van der Waals surface area (Å²) in [6.45, 7) is 4.31. The van der Waals surface area contributed by atoms with Gasteiger partial charge in [-0.05, 0) is 12.8 Å². The van der Waals surface area contributed by atoms with E-state index in [9.17, 15) is 4.79 Å². The van der Waals surface area contributed by atoms with Crippen molar-refractivity contribution in [2.75, 3.05) is 7.11 Å². The molecule has 0 rings (SSSR count). The lowest BCUT2D eigenvalue weighted by molar-refractivity contribution is -0.141. The van der Waals surface area contributed by atoms with Gasteiger partial charge in [0.05, 0.1) is 13.5 Å². The zero-order valence-corrected chi connectivity index (χ0v) is 10.8. The third kappa shape index (κ3) is 8.35. The predicted octanol–water partition coefficient (Wildman–Crippen LogP) is 3.55. The summed E-state index contributed by atoms with van der Waals surface area (Å²) >= 11 is 0. The maximum absolute atomic E-state index is 11.2. The molecule has 0 saturated carbocycles. The summed E-state index contributed by atoms with van der Waals surface area (Å²) in [5.41, 5.74) is 0. The molecular formula is C14H24O2. The average Bonchev–Trinajstić information content (AvgIpc) is 2.30. The highest BCUT2D eigenvalue weighted by Crippen LogP contribution is 2.12. The molecule has 2 nitrogen and oxygen atoms in total. The first-order valence-corrected chi connectivity index (χ1v) is 6.29. The van der Waals surface area contributed by atoms with Crippen molar-refractivity contribution in [1.29, 1.82) is 0 Å². The van der Waals surface area contributed by atoms with Crippen LogP contribution < -0.4 is 0 Å².